The molecule has 6 heteroatoms. The summed E-state index contributed by atoms with van der Waals surface area (Å²) in [5, 5.41) is 0. The monoisotopic (exact) mass is 239 g/mol. The van der Waals surface area contributed by atoms with Crippen LogP contribution in [0, 0.1) is 5.92 Å². The molecule has 1 unspecified atom stereocenters. The molecule has 1 heterocycles. The van der Waals surface area contributed by atoms with Crippen molar-refractivity contribution in [3.05, 3.63) is 0 Å². The highest BCUT2D eigenvalue weighted by Gasteiger charge is 2.11. The van der Waals surface area contributed by atoms with Crippen LogP contribution in [0.2, 0.25) is 0 Å². The van der Waals surface area contributed by atoms with E-state index in [9.17, 15) is 0 Å². The first-order chi connectivity index (χ1) is 7.88. The molecule has 1 aromatic rings. The Labute approximate surface area is 102 Å². The first kappa shape index (κ1) is 13.5. The molecule has 1 aromatic heterocycles. The van der Waals surface area contributed by atoms with Crippen LogP contribution < -0.4 is 15.4 Å². The van der Waals surface area contributed by atoms with Crippen molar-refractivity contribution in [1.82, 2.24) is 15.0 Å². The molecule has 0 aliphatic rings. The van der Waals surface area contributed by atoms with Gasteiger partial charge in [0, 0.05) is 14.1 Å². The second-order valence-electron chi connectivity index (χ2n) is 4.73. The fraction of sp³-hybridized carbons (Fsp3) is 0.727. The van der Waals surface area contributed by atoms with Crippen molar-refractivity contribution in [1.29, 1.82) is 0 Å². The number of ether oxygens (including phenoxy) is 1. The van der Waals surface area contributed by atoms with Gasteiger partial charge >= 0.3 is 6.01 Å². The first-order valence-corrected chi connectivity index (χ1v) is 5.74. The molecule has 0 saturated heterocycles. The molecular formula is C11H21N5O. The molecule has 2 N–H and O–H groups in total. The lowest BCUT2D eigenvalue weighted by atomic mass is 10.1. The van der Waals surface area contributed by atoms with Crippen molar-refractivity contribution in [3.63, 3.8) is 0 Å². The maximum atomic E-state index is 5.63. The van der Waals surface area contributed by atoms with Crippen LogP contribution in [0.25, 0.3) is 0 Å². The Morgan fingerprint density at radius 3 is 2.35 bits per heavy atom. The minimum Gasteiger partial charge on any atom is -0.460 e. The Kier molecular flexibility index (Phi) is 4.48. The van der Waals surface area contributed by atoms with Crippen molar-refractivity contribution in [2.45, 2.75) is 33.3 Å². The number of nitrogens with two attached hydrogens (primary N) is 1. The lowest BCUT2D eigenvalue weighted by molar-refractivity contribution is 0.177. The zero-order valence-electron chi connectivity index (χ0n) is 11.1. The predicted octanol–water partition coefficient (Wildman–Crippen LogP) is 1.33. The zero-order chi connectivity index (χ0) is 13.0. The molecule has 0 bridgehead atoms. The van der Waals surface area contributed by atoms with Crippen LogP contribution >= 0.6 is 0 Å². The molecule has 0 aliphatic carbocycles. The normalized spacial score (nSPS) is 12.6. The van der Waals surface area contributed by atoms with Crippen molar-refractivity contribution in [2.75, 3.05) is 24.7 Å². The Bertz CT molecular complexity index is 367. The summed E-state index contributed by atoms with van der Waals surface area (Å²) < 4.78 is 5.63. The number of hydrogen-bond acceptors (Lipinski definition) is 6. The van der Waals surface area contributed by atoms with Crippen molar-refractivity contribution in [3.8, 4) is 6.01 Å². The van der Waals surface area contributed by atoms with Crippen molar-refractivity contribution in [2.24, 2.45) is 5.92 Å². The van der Waals surface area contributed by atoms with E-state index >= 15 is 0 Å². The first-order valence-electron chi connectivity index (χ1n) is 5.74. The molecule has 17 heavy (non-hydrogen) atoms. The molecule has 0 aliphatic heterocycles. The quantitative estimate of drug-likeness (QED) is 0.835. The highest BCUT2D eigenvalue weighted by atomic mass is 16.5. The fourth-order valence-electron chi connectivity index (χ4n) is 1.51. The van der Waals surface area contributed by atoms with Gasteiger partial charge in [-0.1, -0.05) is 13.8 Å². The lowest BCUT2D eigenvalue weighted by Gasteiger charge is -2.16. The van der Waals surface area contributed by atoms with E-state index in [1.54, 1.807) is 4.90 Å². The van der Waals surface area contributed by atoms with Gasteiger partial charge in [-0.3, -0.25) is 0 Å². The number of anilines is 2. The van der Waals surface area contributed by atoms with Gasteiger partial charge in [-0.25, -0.2) is 0 Å². The summed E-state index contributed by atoms with van der Waals surface area (Å²) in [5.41, 5.74) is 5.61. The molecule has 0 radical (unpaired) electrons. The van der Waals surface area contributed by atoms with Gasteiger partial charge in [0.15, 0.2) is 0 Å². The van der Waals surface area contributed by atoms with Crippen molar-refractivity contribution < 1.29 is 4.74 Å². The summed E-state index contributed by atoms with van der Waals surface area (Å²) in [5.74, 6) is 1.25. The van der Waals surface area contributed by atoms with Gasteiger partial charge in [0.1, 0.15) is 0 Å². The predicted molar refractivity (Wildman–Crippen MR) is 68.1 cm³/mol. The summed E-state index contributed by atoms with van der Waals surface area (Å²) in [6.07, 6.45) is 1.01. The van der Waals surface area contributed by atoms with Gasteiger partial charge in [-0.2, -0.15) is 15.0 Å². The van der Waals surface area contributed by atoms with Gasteiger partial charge in [-0.05, 0) is 19.3 Å². The average Bonchev–Trinajstić information content (AvgIpc) is 2.14. The third-order valence-corrected chi connectivity index (χ3v) is 2.13. The second kappa shape index (κ2) is 5.65. The molecule has 0 amide bonds. The summed E-state index contributed by atoms with van der Waals surface area (Å²) in [7, 11) is 3.69. The molecule has 1 atom stereocenters. The van der Waals surface area contributed by atoms with E-state index in [1.807, 2.05) is 21.0 Å². The van der Waals surface area contributed by atoms with Crippen LogP contribution in [0.15, 0.2) is 0 Å². The Morgan fingerprint density at radius 2 is 1.82 bits per heavy atom. The molecular weight excluding hydrogens is 218 g/mol. The third kappa shape index (κ3) is 4.42. The van der Waals surface area contributed by atoms with Gasteiger partial charge < -0.3 is 15.4 Å². The van der Waals surface area contributed by atoms with E-state index in [4.69, 9.17) is 10.5 Å². The van der Waals surface area contributed by atoms with E-state index < -0.39 is 0 Å². The molecule has 0 aromatic carbocycles. The summed E-state index contributed by atoms with van der Waals surface area (Å²) >= 11 is 0. The Balaban J connectivity index is 2.77. The van der Waals surface area contributed by atoms with Crippen LogP contribution in [0.5, 0.6) is 6.01 Å². The maximum absolute atomic E-state index is 5.63. The number of aromatic nitrogens is 3. The molecule has 6 nitrogen and oxygen atoms in total. The topological polar surface area (TPSA) is 77.2 Å². The minimum atomic E-state index is 0.0619. The standard InChI is InChI=1S/C11H21N5O/c1-7(2)6-8(3)17-11-14-9(12)13-10(15-11)16(4)5/h7-8H,6H2,1-5H3,(H2,12,13,14,15). The molecule has 0 fully saturated rings. The minimum absolute atomic E-state index is 0.0619. The van der Waals surface area contributed by atoms with E-state index in [0.717, 1.165) is 6.42 Å². The molecule has 1 rings (SSSR count). The van der Waals surface area contributed by atoms with E-state index in [1.165, 1.54) is 0 Å². The van der Waals surface area contributed by atoms with Crippen LogP contribution in [-0.4, -0.2) is 35.2 Å². The average molecular weight is 239 g/mol. The smallest absolute Gasteiger partial charge is 0.323 e. The summed E-state index contributed by atoms with van der Waals surface area (Å²) in [4.78, 5) is 13.9. The van der Waals surface area contributed by atoms with Gasteiger partial charge in [0.2, 0.25) is 11.9 Å². The van der Waals surface area contributed by atoms with E-state index in [-0.39, 0.29) is 18.1 Å². The Morgan fingerprint density at radius 1 is 1.18 bits per heavy atom. The van der Waals surface area contributed by atoms with E-state index in [2.05, 4.69) is 28.8 Å². The van der Waals surface area contributed by atoms with Crippen LogP contribution in [0.3, 0.4) is 0 Å². The Hall–Kier alpha value is -1.59. The summed E-state index contributed by atoms with van der Waals surface area (Å²) in [6, 6.07) is 0.286. The zero-order valence-corrected chi connectivity index (χ0v) is 11.1. The van der Waals surface area contributed by atoms with Gasteiger partial charge in [0.25, 0.3) is 0 Å². The molecule has 0 spiro atoms. The largest absolute Gasteiger partial charge is 0.460 e. The fourth-order valence-corrected chi connectivity index (χ4v) is 1.51. The molecule has 0 saturated carbocycles. The van der Waals surface area contributed by atoms with Crippen LogP contribution in [0.4, 0.5) is 11.9 Å². The molecule has 96 valence electrons. The maximum Gasteiger partial charge on any atom is 0.323 e. The van der Waals surface area contributed by atoms with Crippen LogP contribution in [0.1, 0.15) is 27.2 Å². The third-order valence-electron chi connectivity index (χ3n) is 2.13. The highest BCUT2D eigenvalue weighted by Crippen LogP contribution is 2.15. The van der Waals surface area contributed by atoms with Crippen LogP contribution in [-0.2, 0) is 0 Å². The van der Waals surface area contributed by atoms with Crippen molar-refractivity contribution >= 4 is 11.9 Å². The van der Waals surface area contributed by atoms with Gasteiger partial charge in [-0.15, -0.1) is 0 Å². The summed E-state index contributed by atoms with van der Waals surface area (Å²) in [6.45, 7) is 6.29. The SMILES string of the molecule is CC(C)CC(C)Oc1nc(N)nc(N(C)C)n1. The number of rotatable bonds is 5. The number of nitrogens with zero attached hydrogens (tertiary/aromatic N) is 4. The highest BCUT2D eigenvalue weighted by molar-refractivity contribution is 5.33. The van der Waals surface area contributed by atoms with Gasteiger partial charge in [0.05, 0.1) is 6.10 Å². The number of hydrogen-bond donors (Lipinski definition) is 1. The van der Waals surface area contributed by atoms with E-state index in [0.29, 0.717) is 11.9 Å². The second-order valence-corrected chi connectivity index (χ2v) is 4.73. The number of nitrogen functional groups attached to an aromatic ring is 1. The lowest BCUT2D eigenvalue weighted by Crippen LogP contribution is -2.19.